The monoisotopic (exact) mass is 249 g/mol. The Balaban J connectivity index is 1.94. The molecule has 96 valence electrons. The summed E-state index contributed by atoms with van der Waals surface area (Å²) < 4.78 is 1.49. The number of fused-ring (bicyclic) bond motifs is 1. The molecule has 2 aromatic rings. The lowest BCUT2D eigenvalue weighted by Crippen LogP contribution is -2.32. The molecule has 2 heterocycles. The lowest BCUT2D eigenvalue weighted by molar-refractivity contribution is -0.119. The minimum atomic E-state index is -0.0752. The van der Waals surface area contributed by atoms with Crippen molar-refractivity contribution in [3.8, 4) is 0 Å². The second-order valence-corrected chi connectivity index (χ2v) is 4.29. The van der Waals surface area contributed by atoms with Gasteiger partial charge < -0.3 is 10.6 Å². The number of rotatable bonds is 5. The Morgan fingerprint density at radius 2 is 2.28 bits per heavy atom. The van der Waals surface area contributed by atoms with Gasteiger partial charge in [-0.2, -0.15) is 4.52 Å². The Morgan fingerprint density at radius 3 is 3.06 bits per heavy atom. The molecule has 2 N–H and O–H groups in total. The largest absolute Gasteiger partial charge is 0.360 e. The van der Waals surface area contributed by atoms with Crippen molar-refractivity contribution < 1.29 is 4.79 Å². The van der Waals surface area contributed by atoms with Crippen molar-refractivity contribution in [2.45, 2.75) is 13.8 Å². The summed E-state index contributed by atoms with van der Waals surface area (Å²) in [4.78, 5) is 15.5. The maximum Gasteiger partial charge on any atom is 0.239 e. The van der Waals surface area contributed by atoms with Gasteiger partial charge in [0, 0.05) is 6.54 Å². The van der Waals surface area contributed by atoms with E-state index in [1.807, 2.05) is 13.8 Å². The van der Waals surface area contributed by atoms with E-state index in [2.05, 4.69) is 31.1 Å². The van der Waals surface area contributed by atoms with Crippen LogP contribution in [0.1, 0.15) is 13.8 Å². The quantitative estimate of drug-likeness (QED) is 0.755. The summed E-state index contributed by atoms with van der Waals surface area (Å²) in [5.74, 6) is 0.935. The summed E-state index contributed by atoms with van der Waals surface area (Å²) in [6, 6.07) is 0. The Bertz CT molecular complexity index is 536. The third-order valence-electron chi connectivity index (χ3n) is 2.25. The predicted octanol–water partition coefficient (Wildman–Crippen LogP) is -0.297. The zero-order valence-electron chi connectivity index (χ0n) is 10.3. The highest BCUT2D eigenvalue weighted by Crippen LogP contribution is 2.04. The van der Waals surface area contributed by atoms with Crippen molar-refractivity contribution in [3.63, 3.8) is 0 Å². The van der Waals surface area contributed by atoms with E-state index in [4.69, 9.17) is 0 Å². The number of nitrogens with one attached hydrogen (secondary N) is 2. The number of amides is 1. The van der Waals surface area contributed by atoms with Crippen LogP contribution in [0, 0.1) is 5.92 Å². The third kappa shape index (κ3) is 2.90. The molecule has 0 fully saturated rings. The highest BCUT2D eigenvalue weighted by atomic mass is 16.1. The van der Waals surface area contributed by atoms with Crippen molar-refractivity contribution in [2.75, 3.05) is 18.4 Å². The van der Waals surface area contributed by atoms with E-state index in [1.54, 1.807) is 12.4 Å². The minimum Gasteiger partial charge on any atom is -0.360 e. The van der Waals surface area contributed by atoms with Crippen LogP contribution in [0.2, 0.25) is 0 Å². The molecular formula is C10H15N7O. The van der Waals surface area contributed by atoms with E-state index in [1.165, 1.54) is 4.52 Å². The number of tetrazole rings is 1. The average Bonchev–Trinajstić information content (AvgIpc) is 2.82. The van der Waals surface area contributed by atoms with Crippen LogP contribution in [0.15, 0.2) is 12.4 Å². The number of carbonyl (C=O) groups is 1. The third-order valence-corrected chi connectivity index (χ3v) is 2.25. The van der Waals surface area contributed by atoms with E-state index in [0.717, 1.165) is 0 Å². The number of hydrogen-bond acceptors (Lipinski definition) is 6. The highest BCUT2D eigenvalue weighted by Gasteiger charge is 2.06. The predicted molar refractivity (Wildman–Crippen MR) is 64.9 cm³/mol. The number of carbonyl (C=O) groups excluding carboxylic acids is 1. The smallest absolute Gasteiger partial charge is 0.239 e. The molecule has 18 heavy (non-hydrogen) atoms. The zero-order chi connectivity index (χ0) is 13.0. The van der Waals surface area contributed by atoms with Crippen LogP contribution in [0.25, 0.3) is 5.65 Å². The van der Waals surface area contributed by atoms with Crippen LogP contribution in [0.5, 0.6) is 0 Å². The van der Waals surface area contributed by atoms with Crippen molar-refractivity contribution in [1.29, 1.82) is 0 Å². The molecule has 0 unspecified atom stereocenters. The first-order valence-corrected chi connectivity index (χ1v) is 5.69. The van der Waals surface area contributed by atoms with Gasteiger partial charge in [0.05, 0.1) is 18.9 Å². The fourth-order valence-corrected chi connectivity index (χ4v) is 1.35. The molecule has 0 aliphatic rings. The summed E-state index contributed by atoms with van der Waals surface area (Å²) in [7, 11) is 0. The Hall–Kier alpha value is -2.25. The van der Waals surface area contributed by atoms with Gasteiger partial charge >= 0.3 is 0 Å². The van der Waals surface area contributed by atoms with Crippen molar-refractivity contribution in [2.24, 2.45) is 5.92 Å². The van der Waals surface area contributed by atoms with Crippen LogP contribution >= 0.6 is 0 Å². The summed E-state index contributed by atoms with van der Waals surface area (Å²) in [6.45, 7) is 4.90. The minimum absolute atomic E-state index is 0.0752. The van der Waals surface area contributed by atoms with Crippen molar-refractivity contribution in [1.82, 2.24) is 30.3 Å². The summed E-state index contributed by atoms with van der Waals surface area (Å²) in [5.41, 5.74) is 0.530. The SMILES string of the molecule is CC(C)CNC(=O)CNc1cncc2nnnn12. The summed E-state index contributed by atoms with van der Waals surface area (Å²) >= 11 is 0. The summed E-state index contributed by atoms with van der Waals surface area (Å²) in [6.07, 6.45) is 3.11. The average molecular weight is 249 g/mol. The van der Waals surface area contributed by atoms with Crippen LogP contribution in [0.4, 0.5) is 5.82 Å². The van der Waals surface area contributed by atoms with Gasteiger partial charge in [-0.3, -0.25) is 9.78 Å². The molecule has 8 heteroatoms. The molecule has 0 aliphatic heterocycles. The van der Waals surface area contributed by atoms with Gasteiger partial charge in [-0.05, 0) is 16.3 Å². The van der Waals surface area contributed by atoms with Gasteiger partial charge in [-0.1, -0.05) is 13.8 Å². The molecule has 0 saturated heterocycles. The van der Waals surface area contributed by atoms with E-state index in [0.29, 0.717) is 23.9 Å². The molecule has 0 atom stereocenters. The molecule has 0 aliphatic carbocycles. The van der Waals surface area contributed by atoms with E-state index in [-0.39, 0.29) is 12.5 Å². The Labute approximate surface area is 104 Å². The van der Waals surface area contributed by atoms with Crippen LogP contribution in [0.3, 0.4) is 0 Å². The van der Waals surface area contributed by atoms with Gasteiger partial charge in [0.15, 0.2) is 11.5 Å². The lowest BCUT2D eigenvalue weighted by atomic mass is 10.2. The maximum absolute atomic E-state index is 11.5. The van der Waals surface area contributed by atoms with Gasteiger partial charge in [0.2, 0.25) is 5.91 Å². The fraction of sp³-hybridized carbons (Fsp3) is 0.500. The topological polar surface area (TPSA) is 97.1 Å². The molecule has 1 amide bonds. The highest BCUT2D eigenvalue weighted by molar-refractivity contribution is 5.80. The van der Waals surface area contributed by atoms with E-state index in [9.17, 15) is 4.79 Å². The number of nitrogens with zero attached hydrogens (tertiary/aromatic N) is 5. The van der Waals surface area contributed by atoms with E-state index >= 15 is 0 Å². The van der Waals surface area contributed by atoms with Crippen molar-refractivity contribution in [3.05, 3.63) is 12.4 Å². The van der Waals surface area contributed by atoms with E-state index < -0.39 is 0 Å². The zero-order valence-corrected chi connectivity index (χ0v) is 10.3. The van der Waals surface area contributed by atoms with Crippen LogP contribution in [-0.4, -0.2) is 44.0 Å². The molecule has 0 radical (unpaired) electrons. The number of hydrogen-bond donors (Lipinski definition) is 2. The normalized spacial score (nSPS) is 10.8. The molecule has 8 nitrogen and oxygen atoms in total. The molecule has 0 bridgehead atoms. The number of anilines is 1. The van der Waals surface area contributed by atoms with Crippen molar-refractivity contribution >= 4 is 17.4 Å². The number of aromatic nitrogens is 5. The molecule has 2 aromatic heterocycles. The standard InChI is InChI=1S/C10H15N7O/c1-7(2)3-13-10(18)6-12-8-4-11-5-9-14-15-16-17(8)9/h4-5,7,12H,3,6H2,1-2H3,(H,13,18). The van der Waals surface area contributed by atoms with Gasteiger partial charge in [0.25, 0.3) is 0 Å². The molecular weight excluding hydrogens is 234 g/mol. The molecule has 0 spiro atoms. The molecule has 0 aromatic carbocycles. The first-order chi connectivity index (χ1) is 8.66. The first kappa shape index (κ1) is 12.2. The van der Waals surface area contributed by atoms with Gasteiger partial charge in [-0.15, -0.1) is 5.10 Å². The maximum atomic E-state index is 11.5. The van der Waals surface area contributed by atoms with Crippen LogP contribution in [-0.2, 0) is 4.79 Å². The van der Waals surface area contributed by atoms with Gasteiger partial charge in [0.1, 0.15) is 0 Å². The fourth-order valence-electron chi connectivity index (χ4n) is 1.35. The Kier molecular flexibility index (Phi) is 3.66. The second-order valence-electron chi connectivity index (χ2n) is 4.29. The summed E-state index contributed by atoms with van der Waals surface area (Å²) in [5, 5.41) is 16.8. The van der Waals surface area contributed by atoms with Gasteiger partial charge in [-0.25, -0.2) is 0 Å². The second kappa shape index (κ2) is 5.39. The molecule has 2 rings (SSSR count). The first-order valence-electron chi connectivity index (χ1n) is 5.69. The Morgan fingerprint density at radius 1 is 1.44 bits per heavy atom. The molecule has 0 saturated carbocycles. The lowest BCUT2D eigenvalue weighted by Gasteiger charge is -2.09. The van der Waals surface area contributed by atoms with Crippen LogP contribution < -0.4 is 10.6 Å².